The van der Waals surface area contributed by atoms with Gasteiger partial charge >= 0.3 is 6.09 Å². The van der Waals surface area contributed by atoms with Crippen molar-refractivity contribution in [2.45, 2.75) is 34.6 Å². The molecule has 16 heteroatoms. The smallest absolute Gasteiger partial charge is 0.407 e. The maximum Gasteiger partial charge on any atom is 0.407 e. The van der Waals surface area contributed by atoms with Gasteiger partial charge in [-0.1, -0.05) is 11.6 Å². The van der Waals surface area contributed by atoms with Gasteiger partial charge in [-0.2, -0.15) is 0 Å². The predicted octanol–water partition coefficient (Wildman–Crippen LogP) is 1.76. The molecular formula is C26H25ClF3N3O8S. The van der Waals surface area contributed by atoms with Gasteiger partial charge in [-0.05, 0) is 48.3 Å². The zero-order valence-electron chi connectivity index (χ0n) is 21.8. The second-order valence-corrected chi connectivity index (χ2v) is 13.1. The predicted molar refractivity (Wildman–Crippen MR) is 140 cm³/mol. The lowest BCUT2D eigenvalue weighted by Crippen LogP contribution is -2.72. The van der Waals surface area contributed by atoms with Crippen LogP contribution in [0.3, 0.4) is 0 Å². The van der Waals surface area contributed by atoms with Crippen molar-refractivity contribution in [3.05, 3.63) is 58.4 Å². The highest BCUT2D eigenvalue weighted by molar-refractivity contribution is 7.92. The Morgan fingerprint density at radius 2 is 1.81 bits per heavy atom. The number of carbonyl (C=O) groups is 3. The normalized spacial score (nSPS) is 27.7. The van der Waals surface area contributed by atoms with Gasteiger partial charge in [0.05, 0.1) is 34.5 Å². The summed E-state index contributed by atoms with van der Waals surface area (Å²) in [6.45, 7) is -0.942. The van der Waals surface area contributed by atoms with Crippen LogP contribution in [0.2, 0.25) is 5.02 Å². The van der Waals surface area contributed by atoms with Crippen LogP contribution in [0.15, 0.2) is 35.2 Å². The number of nitrogens with one attached hydrogen (secondary N) is 3. The van der Waals surface area contributed by atoms with Crippen LogP contribution in [0.4, 0.5) is 23.7 Å². The highest BCUT2D eigenvalue weighted by Gasteiger charge is 2.89. The number of amides is 3. The summed E-state index contributed by atoms with van der Waals surface area (Å²) in [4.78, 5) is 36.1. The second-order valence-electron chi connectivity index (χ2n) is 10.6. The Balaban J connectivity index is 1.27. The average molecular weight is 632 g/mol. The Hall–Kier alpha value is -3.40. The summed E-state index contributed by atoms with van der Waals surface area (Å²) in [5.74, 6) is -7.32. The number of carbonyl (C=O) groups excluding carboxylic acids is 3. The molecule has 2 aromatic rings. The molecule has 3 saturated carbocycles. The summed E-state index contributed by atoms with van der Waals surface area (Å²) in [5, 5.41) is 26.4. The van der Waals surface area contributed by atoms with Crippen molar-refractivity contribution in [3.63, 3.8) is 0 Å². The van der Waals surface area contributed by atoms with Gasteiger partial charge in [-0.25, -0.2) is 26.4 Å². The maximum absolute atomic E-state index is 13.7. The molecule has 3 fully saturated rings. The molecule has 0 radical (unpaired) electrons. The largest absolute Gasteiger partial charge is 0.453 e. The quantitative estimate of drug-likeness (QED) is 0.261. The number of methoxy groups -OCH3 is 1. The van der Waals surface area contributed by atoms with E-state index < -0.39 is 85.9 Å². The van der Waals surface area contributed by atoms with Crippen LogP contribution in [-0.2, 0) is 19.4 Å². The summed E-state index contributed by atoms with van der Waals surface area (Å²) >= 11 is 6.21. The monoisotopic (exact) mass is 631 g/mol. The fraction of sp³-hybridized carbons (Fsp3) is 0.423. The van der Waals surface area contributed by atoms with E-state index in [1.807, 2.05) is 0 Å². The summed E-state index contributed by atoms with van der Waals surface area (Å²) < 4.78 is 72.0. The molecule has 0 aromatic heterocycles. The molecule has 3 unspecified atom stereocenters. The first-order valence-electron chi connectivity index (χ1n) is 12.7. The van der Waals surface area contributed by atoms with E-state index in [2.05, 4.69) is 20.7 Å². The number of anilines is 1. The van der Waals surface area contributed by atoms with E-state index >= 15 is 0 Å². The third-order valence-electron chi connectivity index (χ3n) is 8.59. The van der Waals surface area contributed by atoms with Crippen molar-refractivity contribution < 1.29 is 50.9 Å². The van der Waals surface area contributed by atoms with Gasteiger partial charge in [0, 0.05) is 29.9 Å². The maximum atomic E-state index is 13.7. The van der Waals surface area contributed by atoms with Crippen molar-refractivity contribution in [2.24, 2.45) is 17.3 Å². The van der Waals surface area contributed by atoms with Gasteiger partial charge < -0.3 is 30.9 Å². The first-order chi connectivity index (χ1) is 19.7. The number of benzene rings is 2. The molecular weight excluding hydrogens is 607 g/mol. The number of ether oxygens (including phenoxy) is 1. The van der Waals surface area contributed by atoms with Gasteiger partial charge in [0.1, 0.15) is 6.04 Å². The molecule has 226 valence electrons. The molecule has 0 heterocycles. The lowest BCUT2D eigenvalue weighted by atomic mass is 9.49. The number of hydrogen-bond acceptors (Lipinski definition) is 8. The molecule has 5 rings (SSSR count). The zero-order chi connectivity index (χ0) is 30.8. The topological polar surface area (TPSA) is 171 Å². The summed E-state index contributed by atoms with van der Waals surface area (Å²) in [6, 6.07) is 3.29. The lowest BCUT2D eigenvalue weighted by molar-refractivity contribution is -0.189. The molecule has 5 N–H and O–H groups in total. The van der Waals surface area contributed by atoms with Gasteiger partial charge in [-0.3, -0.25) is 9.59 Å². The summed E-state index contributed by atoms with van der Waals surface area (Å²) in [7, 11) is -3.03. The molecule has 0 saturated heterocycles. The van der Waals surface area contributed by atoms with Crippen molar-refractivity contribution in [1.29, 1.82) is 0 Å². The van der Waals surface area contributed by atoms with Crippen LogP contribution in [0.25, 0.3) is 0 Å². The number of halogens is 4. The SMILES string of the molecule is COC(=O)N[C@@H](CO)C(=O)NC[C@@]1(O)C2C[C@@H](S(=O)(=O)c3cc(C(=O)Nc4cc(F)c(F)c(F)c4)ccc3Cl)C23CC31. The standard InChI is InChI=1S/C26H25ClF3N3O8S/c1-41-24(37)33-16(9-34)23(36)31-10-26(38)18-7-20(25(18)8-19(25)26)42(39,40)17-4-11(2-3-13(17)27)22(35)32-12-5-14(28)21(30)15(29)6-12/h2-6,16,18-20,34,38H,7-10H2,1H3,(H,31,36)(H,32,35)(H,33,37)/t16-,18?,19?,20+,25?,26+/m0/s1. The Labute approximate surface area is 242 Å². The van der Waals surface area contributed by atoms with Gasteiger partial charge in [-0.15, -0.1) is 0 Å². The van der Waals surface area contributed by atoms with E-state index in [1.54, 1.807) is 0 Å². The van der Waals surface area contributed by atoms with Gasteiger partial charge in [0.25, 0.3) is 5.91 Å². The van der Waals surface area contributed by atoms with E-state index in [9.17, 15) is 46.2 Å². The van der Waals surface area contributed by atoms with Crippen LogP contribution >= 0.6 is 11.6 Å². The van der Waals surface area contributed by atoms with Crippen molar-refractivity contribution in [1.82, 2.24) is 10.6 Å². The molecule has 3 amide bonds. The highest BCUT2D eigenvalue weighted by atomic mass is 35.5. The first kappa shape index (κ1) is 30.1. The minimum atomic E-state index is -4.12. The van der Waals surface area contributed by atoms with Gasteiger partial charge in [0.15, 0.2) is 27.3 Å². The second kappa shape index (κ2) is 10.4. The first-order valence-corrected chi connectivity index (χ1v) is 14.6. The number of alkyl carbamates (subject to hydrolysis) is 1. The molecule has 11 nitrogen and oxygen atoms in total. The fourth-order valence-corrected chi connectivity index (χ4v) is 9.29. The zero-order valence-corrected chi connectivity index (χ0v) is 23.4. The third kappa shape index (κ3) is 4.58. The van der Waals surface area contributed by atoms with E-state index in [4.69, 9.17) is 11.6 Å². The van der Waals surface area contributed by atoms with Gasteiger partial charge in [0.2, 0.25) is 5.91 Å². The van der Waals surface area contributed by atoms with Crippen LogP contribution in [0, 0.1) is 34.7 Å². The number of aliphatic hydroxyl groups excluding tert-OH is 1. The highest BCUT2D eigenvalue weighted by Crippen LogP contribution is 2.85. The Morgan fingerprint density at radius 1 is 1.14 bits per heavy atom. The molecule has 0 aliphatic heterocycles. The van der Waals surface area contributed by atoms with Crippen LogP contribution in [0.1, 0.15) is 23.2 Å². The minimum absolute atomic E-state index is 0.0515. The average Bonchev–Trinajstić information content (AvgIpc) is 3.70. The summed E-state index contributed by atoms with van der Waals surface area (Å²) in [6.07, 6.45) is -0.508. The molecule has 2 aromatic carbocycles. The number of aliphatic hydroxyl groups is 2. The third-order valence-corrected chi connectivity index (χ3v) is 11.4. The molecule has 3 aliphatic rings. The molecule has 6 atom stereocenters. The summed E-state index contributed by atoms with van der Waals surface area (Å²) in [5.41, 5.74) is -2.69. The van der Waals surface area contributed by atoms with Crippen molar-refractivity contribution in [3.8, 4) is 0 Å². The van der Waals surface area contributed by atoms with Crippen LogP contribution < -0.4 is 16.0 Å². The fourth-order valence-electron chi connectivity index (χ4n) is 6.47. The molecule has 42 heavy (non-hydrogen) atoms. The van der Waals surface area contributed by atoms with E-state index in [-0.39, 0.29) is 34.1 Å². The molecule has 3 aliphatic carbocycles. The Morgan fingerprint density at radius 3 is 2.40 bits per heavy atom. The van der Waals surface area contributed by atoms with E-state index in [0.717, 1.165) is 13.2 Å². The lowest BCUT2D eigenvalue weighted by Gasteiger charge is -2.62. The van der Waals surface area contributed by atoms with Crippen molar-refractivity contribution >= 4 is 45.0 Å². The molecule has 1 spiro atoms. The molecule has 0 bridgehead atoms. The number of hydrogen-bond donors (Lipinski definition) is 5. The van der Waals surface area contributed by atoms with Crippen LogP contribution in [-0.4, -0.2) is 73.7 Å². The number of sulfone groups is 1. The minimum Gasteiger partial charge on any atom is -0.453 e. The Kier molecular flexibility index (Phi) is 7.44. The van der Waals surface area contributed by atoms with E-state index in [0.29, 0.717) is 18.6 Å². The van der Waals surface area contributed by atoms with Crippen molar-refractivity contribution in [2.75, 3.05) is 25.6 Å². The van der Waals surface area contributed by atoms with Crippen LogP contribution in [0.5, 0.6) is 0 Å². The number of rotatable bonds is 9. The Bertz CT molecular complexity index is 1590. The van der Waals surface area contributed by atoms with E-state index in [1.165, 1.54) is 12.1 Å².